The van der Waals surface area contributed by atoms with Crippen LogP contribution in [0.2, 0.25) is 0 Å². The molecule has 0 aliphatic carbocycles. The van der Waals surface area contributed by atoms with Gasteiger partial charge in [-0.15, -0.1) is 0 Å². The summed E-state index contributed by atoms with van der Waals surface area (Å²) in [5.41, 5.74) is 4.94. The Labute approximate surface area is 192 Å². The first-order valence-corrected chi connectivity index (χ1v) is 11.2. The van der Waals surface area contributed by atoms with Gasteiger partial charge < -0.3 is 4.90 Å². The van der Waals surface area contributed by atoms with Gasteiger partial charge in [0.05, 0.1) is 22.3 Å². The minimum absolute atomic E-state index is 0.0163. The van der Waals surface area contributed by atoms with Gasteiger partial charge in [0.1, 0.15) is 5.82 Å². The number of carbonyl (C=O) groups excluding carboxylic acids is 1. The molecule has 0 N–H and O–H groups in total. The molecular formula is C26H26FN5O. The van der Waals surface area contributed by atoms with Crippen molar-refractivity contribution in [2.24, 2.45) is 0 Å². The predicted molar refractivity (Wildman–Crippen MR) is 126 cm³/mol. The van der Waals surface area contributed by atoms with E-state index in [1.54, 1.807) is 0 Å². The molecule has 0 bridgehead atoms. The number of aromatic nitrogens is 3. The number of para-hydroxylation sites is 1. The predicted octanol–water partition coefficient (Wildman–Crippen LogP) is 4.13. The lowest BCUT2D eigenvalue weighted by Gasteiger charge is -2.35. The molecule has 0 unspecified atom stereocenters. The number of pyridine rings is 1. The SMILES string of the molecule is Cc1cc(C(=O)N2CCN(Cc3ccc(F)cc3)CC2)c2c(C)nn(-c3ccccc3)c2n1. The van der Waals surface area contributed by atoms with Crippen LogP contribution in [-0.4, -0.2) is 56.7 Å². The van der Waals surface area contributed by atoms with Crippen molar-refractivity contribution >= 4 is 16.9 Å². The van der Waals surface area contributed by atoms with Gasteiger partial charge >= 0.3 is 0 Å². The number of carbonyl (C=O) groups is 1. The summed E-state index contributed by atoms with van der Waals surface area (Å²) in [7, 11) is 0. The van der Waals surface area contributed by atoms with E-state index in [4.69, 9.17) is 10.1 Å². The van der Waals surface area contributed by atoms with Crippen LogP contribution >= 0.6 is 0 Å². The summed E-state index contributed by atoms with van der Waals surface area (Å²) in [5, 5.41) is 5.51. The number of nitrogens with zero attached hydrogens (tertiary/aromatic N) is 5. The van der Waals surface area contributed by atoms with Gasteiger partial charge in [0.25, 0.3) is 5.91 Å². The standard InChI is InChI=1S/C26H26FN5O/c1-18-16-23(24-19(2)29-32(25(24)28-18)22-6-4-3-5-7-22)26(33)31-14-12-30(13-15-31)17-20-8-10-21(27)11-9-20/h3-11,16H,12-15,17H2,1-2H3. The number of piperazine rings is 1. The molecule has 0 radical (unpaired) electrons. The van der Waals surface area contributed by atoms with Crippen molar-refractivity contribution in [2.45, 2.75) is 20.4 Å². The van der Waals surface area contributed by atoms with Gasteiger partial charge in [-0.1, -0.05) is 30.3 Å². The zero-order valence-corrected chi connectivity index (χ0v) is 18.8. The lowest BCUT2D eigenvalue weighted by atomic mass is 10.1. The Balaban J connectivity index is 1.38. The Hall–Kier alpha value is -3.58. The van der Waals surface area contributed by atoms with Crippen LogP contribution in [0.5, 0.6) is 0 Å². The van der Waals surface area contributed by atoms with Crippen LogP contribution in [0.25, 0.3) is 16.7 Å². The molecule has 0 spiro atoms. The fourth-order valence-corrected chi connectivity index (χ4v) is 4.46. The second-order valence-corrected chi connectivity index (χ2v) is 8.54. The monoisotopic (exact) mass is 443 g/mol. The van der Waals surface area contributed by atoms with E-state index in [-0.39, 0.29) is 11.7 Å². The summed E-state index contributed by atoms with van der Waals surface area (Å²) in [4.78, 5) is 22.5. The summed E-state index contributed by atoms with van der Waals surface area (Å²) < 4.78 is 15.0. The van der Waals surface area contributed by atoms with Crippen molar-refractivity contribution in [1.29, 1.82) is 0 Å². The summed E-state index contributed by atoms with van der Waals surface area (Å²) >= 11 is 0. The second-order valence-electron chi connectivity index (χ2n) is 8.54. The highest BCUT2D eigenvalue weighted by Crippen LogP contribution is 2.26. The number of fused-ring (bicyclic) bond motifs is 1. The quantitative estimate of drug-likeness (QED) is 0.476. The molecule has 1 aliphatic heterocycles. The molecular weight excluding hydrogens is 417 g/mol. The zero-order valence-electron chi connectivity index (χ0n) is 18.8. The van der Waals surface area contributed by atoms with Gasteiger partial charge in [-0.05, 0) is 49.7 Å². The Morgan fingerprint density at radius 1 is 0.970 bits per heavy atom. The first-order chi connectivity index (χ1) is 16.0. The fourth-order valence-electron chi connectivity index (χ4n) is 4.46. The number of hydrogen-bond donors (Lipinski definition) is 0. The largest absolute Gasteiger partial charge is 0.336 e. The maximum Gasteiger partial charge on any atom is 0.254 e. The van der Waals surface area contributed by atoms with E-state index in [1.165, 1.54) is 12.1 Å². The van der Waals surface area contributed by atoms with Gasteiger partial charge in [-0.25, -0.2) is 14.1 Å². The molecule has 6 nitrogen and oxygen atoms in total. The Morgan fingerprint density at radius 2 is 1.67 bits per heavy atom. The maximum absolute atomic E-state index is 13.6. The lowest BCUT2D eigenvalue weighted by Crippen LogP contribution is -2.48. The topological polar surface area (TPSA) is 54.3 Å². The van der Waals surface area contributed by atoms with Crippen molar-refractivity contribution < 1.29 is 9.18 Å². The third kappa shape index (κ3) is 4.24. The number of benzene rings is 2. The Morgan fingerprint density at radius 3 is 2.36 bits per heavy atom. The number of halogens is 1. The summed E-state index contributed by atoms with van der Waals surface area (Å²) in [6.07, 6.45) is 0. The van der Waals surface area contributed by atoms with Crippen molar-refractivity contribution in [3.05, 3.63) is 89.0 Å². The smallest absolute Gasteiger partial charge is 0.254 e. The molecule has 168 valence electrons. The highest BCUT2D eigenvalue weighted by molar-refractivity contribution is 6.06. The van der Waals surface area contributed by atoms with Gasteiger partial charge in [0.15, 0.2) is 5.65 Å². The average molecular weight is 444 g/mol. The number of aryl methyl sites for hydroxylation is 2. The summed E-state index contributed by atoms with van der Waals surface area (Å²) in [6.45, 7) is 7.44. The molecule has 1 fully saturated rings. The van der Waals surface area contributed by atoms with E-state index in [0.29, 0.717) is 24.3 Å². The van der Waals surface area contributed by atoms with E-state index in [1.807, 2.05) is 72.0 Å². The van der Waals surface area contributed by atoms with Crippen LogP contribution in [0.3, 0.4) is 0 Å². The van der Waals surface area contributed by atoms with E-state index in [0.717, 1.165) is 47.7 Å². The summed E-state index contributed by atoms with van der Waals surface area (Å²) in [6, 6.07) is 18.3. The highest BCUT2D eigenvalue weighted by Gasteiger charge is 2.26. The molecule has 7 heteroatoms. The lowest BCUT2D eigenvalue weighted by molar-refractivity contribution is 0.0630. The van der Waals surface area contributed by atoms with E-state index >= 15 is 0 Å². The third-order valence-electron chi connectivity index (χ3n) is 6.15. The summed E-state index contributed by atoms with van der Waals surface area (Å²) in [5.74, 6) is -0.207. The molecule has 2 aromatic carbocycles. The van der Waals surface area contributed by atoms with Crippen LogP contribution in [0, 0.1) is 19.7 Å². The molecule has 0 atom stereocenters. The van der Waals surface area contributed by atoms with E-state index < -0.39 is 0 Å². The first-order valence-electron chi connectivity index (χ1n) is 11.2. The van der Waals surface area contributed by atoms with Gasteiger partial charge in [0.2, 0.25) is 0 Å². The van der Waals surface area contributed by atoms with Gasteiger partial charge in [-0.2, -0.15) is 5.10 Å². The number of amides is 1. The average Bonchev–Trinajstić information content (AvgIpc) is 3.16. The van der Waals surface area contributed by atoms with Crippen LogP contribution in [0.1, 0.15) is 27.3 Å². The van der Waals surface area contributed by atoms with Crippen LogP contribution in [0.15, 0.2) is 60.7 Å². The zero-order chi connectivity index (χ0) is 22.9. The van der Waals surface area contributed by atoms with Crippen LogP contribution in [-0.2, 0) is 6.54 Å². The van der Waals surface area contributed by atoms with Crippen molar-refractivity contribution in [3.8, 4) is 5.69 Å². The van der Waals surface area contributed by atoms with Crippen molar-refractivity contribution in [3.63, 3.8) is 0 Å². The fraction of sp³-hybridized carbons (Fsp3) is 0.269. The van der Waals surface area contributed by atoms with Crippen molar-refractivity contribution in [1.82, 2.24) is 24.6 Å². The van der Waals surface area contributed by atoms with E-state index in [2.05, 4.69) is 4.90 Å². The minimum Gasteiger partial charge on any atom is -0.336 e. The van der Waals surface area contributed by atoms with Crippen LogP contribution < -0.4 is 0 Å². The molecule has 3 heterocycles. The maximum atomic E-state index is 13.6. The molecule has 1 saturated heterocycles. The highest BCUT2D eigenvalue weighted by atomic mass is 19.1. The van der Waals surface area contributed by atoms with Gasteiger partial charge in [-0.3, -0.25) is 9.69 Å². The Kier molecular flexibility index (Phi) is 5.64. The van der Waals surface area contributed by atoms with Crippen LogP contribution in [0.4, 0.5) is 4.39 Å². The molecule has 1 aliphatic rings. The molecule has 2 aromatic heterocycles. The third-order valence-corrected chi connectivity index (χ3v) is 6.15. The molecule has 1 amide bonds. The minimum atomic E-state index is -0.223. The van der Waals surface area contributed by atoms with E-state index in [9.17, 15) is 9.18 Å². The number of rotatable bonds is 4. The Bertz CT molecular complexity index is 1290. The normalized spacial score (nSPS) is 14.7. The molecule has 0 saturated carbocycles. The van der Waals surface area contributed by atoms with Crippen molar-refractivity contribution in [2.75, 3.05) is 26.2 Å². The molecule has 4 aromatic rings. The first kappa shape index (κ1) is 21.3. The molecule has 5 rings (SSSR count). The van der Waals surface area contributed by atoms with Gasteiger partial charge in [0, 0.05) is 38.4 Å². The second kappa shape index (κ2) is 8.75. The molecule has 33 heavy (non-hydrogen) atoms. The number of hydrogen-bond acceptors (Lipinski definition) is 4.